The van der Waals surface area contributed by atoms with Crippen LogP contribution in [-0.2, 0) is 0 Å². The highest BCUT2D eigenvalue weighted by Gasteiger charge is 2.05. The van der Waals surface area contributed by atoms with Gasteiger partial charge in [-0.2, -0.15) is 0 Å². The first-order chi connectivity index (χ1) is 6.24. The summed E-state index contributed by atoms with van der Waals surface area (Å²) >= 11 is 0. The van der Waals surface area contributed by atoms with Crippen LogP contribution in [0.25, 0.3) is 0 Å². The monoisotopic (exact) mass is 219 g/mol. The van der Waals surface area contributed by atoms with Crippen molar-refractivity contribution < 1.29 is 9.66 Å². The second-order valence-corrected chi connectivity index (χ2v) is 2.25. The van der Waals surface area contributed by atoms with Gasteiger partial charge in [0.05, 0.1) is 0 Å². The van der Waals surface area contributed by atoms with Crippen LogP contribution >= 0.6 is 12.4 Å². The molecule has 0 atom stereocenters. The molecule has 0 bridgehead atoms. The molecule has 0 amide bonds. The van der Waals surface area contributed by atoms with Crippen molar-refractivity contribution in [1.29, 1.82) is 0 Å². The van der Waals surface area contributed by atoms with Gasteiger partial charge in [0.25, 0.3) is 0 Å². The van der Waals surface area contributed by atoms with Crippen LogP contribution < -0.4 is 10.5 Å². The highest BCUT2D eigenvalue weighted by atomic mass is 35.5. The number of ether oxygens (including phenoxy) is 1. The molecule has 1 aromatic heterocycles. The van der Waals surface area contributed by atoms with Crippen molar-refractivity contribution in [2.45, 2.75) is 0 Å². The molecular weight excluding hydrogens is 210 g/mol. The number of aromatic nitrogens is 1. The van der Waals surface area contributed by atoms with Crippen LogP contribution in [0.4, 0.5) is 5.82 Å². The molecule has 0 saturated carbocycles. The summed E-state index contributed by atoms with van der Waals surface area (Å²) < 4.78 is 5.08. The highest BCUT2D eigenvalue weighted by molar-refractivity contribution is 5.85. The van der Waals surface area contributed by atoms with Crippen LogP contribution in [0.3, 0.4) is 0 Å². The maximum atomic E-state index is 10.2. The van der Waals surface area contributed by atoms with Gasteiger partial charge in [-0.1, -0.05) is 0 Å². The van der Waals surface area contributed by atoms with Crippen LogP contribution in [-0.4, -0.2) is 23.1 Å². The Balaban J connectivity index is 0.00000169. The van der Waals surface area contributed by atoms with Crippen LogP contribution in [0.2, 0.25) is 0 Å². The SMILES string of the molecule is Cl.NCCOc1ccc([N+](=O)[O-])nc1. The lowest BCUT2D eigenvalue weighted by molar-refractivity contribution is -0.389. The van der Waals surface area contributed by atoms with Gasteiger partial charge in [-0.3, -0.25) is 0 Å². The molecule has 1 rings (SSSR count). The van der Waals surface area contributed by atoms with E-state index < -0.39 is 4.92 Å². The van der Waals surface area contributed by atoms with E-state index >= 15 is 0 Å². The second kappa shape index (κ2) is 6.11. The standard InChI is InChI=1S/C7H9N3O3.ClH/c8-3-4-13-6-1-2-7(9-5-6)10(11)12;/h1-2,5H,3-4,8H2;1H. The topological polar surface area (TPSA) is 91.3 Å². The lowest BCUT2D eigenvalue weighted by atomic mass is 10.4. The predicted molar refractivity (Wildman–Crippen MR) is 52.7 cm³/mol. The van der Waals surface area contributed by atoms with Gasteiger partial charge in [-0.25, -0.2) is 0 Å². The smallest absolute Gasteiger partial charge is 0.363 e. The number of hydrogen-bond donors (Lipinski definition) is 1. The van der Waals surface area contributed by atoms with E-state index in [2.05, 4.69) is 4.98 Å². The zero-order chi connectivity index (χ0) is 9.68. The summed E-state index contributed by atoms with van der Waals surface area (Å²) in [6.07, 6.45) is 1.30. The van der Waals surface area contributed by atoms with Crippen molar-refractivity contribution in [2.75, 3.05) is 13.2 Å². The zero-order valence-corrected chi connectivity index (χ0v) is 8.07. The van der Waals surface area contributed by atoms with E-state index in [1.807, 2.05) is 0 Å². The van der Waals surface area contributed by atoms with Gasteiger partial charge in [0.15, 0.2) is 11.9 Å². The normalized spacial score (nSPS) is 8.93. The van der Waals surface area contributed by atoms with Crippen molar-refractivity contribution in [2.24, 2.45) is 5.73 Å². The number of rotatable bonds is 4. The lowest BCUT2D eigenvalue weighted by Crippen LogP contribution is -2.10. The van der Waals surface area contributed by atoms with Crippen LogP contribution in [0.5, 0.6) is 5.75 Å². The molecule has 0 unspecified atom stereocenters. The molecule has 1 aromatic rings. The average molecular weight is 220 g/mol. The minimum absolute atomic E-state index is 0. The molecule has 7 heteroatoms. The second-order valence-electron chi connectivity index (χ2n) is 2.25. The summed E-state index contributed by atoms with van der Waals surface area (Å²) in [5.41, 5.74) is 5.20. The van der Waals surface area contributed by atoms with E-state index in [1.54, 1.807) is 0 Å². The maximum absolute atomic E-state index is 10.2. The summed E-state index contributed by atoms with van der Waals surface area (Å²) in [7, 11) is 0. The minimum atomic E-state index is -0.563. The Morgan fingerprint density at radius 2 is 2.29 bits per heavy atom. The number of nitro groups is 1. The maximum Gasteiger partial charge on any atom is 0.363 e. The Hall–Kier alpha value is -1.40. The third kappa shape index (κ3) is 3.55. The van der Waals surface area contributed by atoms with E-state index in [0.717, 1.165) is 0 Å². The lowest BCUT2D eigenvalue weighted by Gasteiger charge is -2.00. The van der Waals surface area contributed by atoms with Crippen molar-refractivity contribution in [3.8, 4) is 5.75 Å². The van der Waals surface area contributed by atoms with Crippen molar-refractivity contribution in [1.82, 2.24) is 4.98 Å². The van der Waals surface area contributed by atoms with Crippen molar-refractivity contribution in [3.63, 3.8) is 0 Å². The fourth-order valence-corrected chi connectivity index (χ4v) is 0.743. The van der Waals surface area contributed by atoms with Crippen LogP contribution in [0.15, 0.2) is 18.3 Å². The third-order valence-electron chi connectivity index (χ3n) is 1.29. The number of hydrogen-bond acceptors (Lipinski definition) is 5. The Labute approximate surface area is 86.6 Å². The van der Waals surface area contributed by atoms with Gasteiger partial charge in [0.1, 0.15) is 6.61 Å². The van der Waals surface area contributed by atoms with E-state index in [9.17, 15) is 10.1 Å². The number of nitrogens with two attached hydrogens (primary N) is 1. The average Bonchev–Trinajstić information content (AvgIpc) is 2.15. The van der Waals surface area contributed by atoms with E-state index in [-0.39, 0.29) is 18.2 Å². The van der Waals surface area contributed by atoms with Crippen LogP contribution in [0.1, 0.15) is 0 Å². The summed E-state index contributed by atoms with van der Waals surface area (Å²) in [5, 5.41) is 10.2. The van der Waals surface area contributed by atoms with Gasteiger partial charge in [0.2, 0.25) is 0 Å². The van der Waals surface area contributed by atoms with Gasteiger partial charge in [-0.05, 0) is 16.0 Å². The molecule has 0 aliphatic carbocycles. The summed E-state index contributed by atoms with van der Waals surface area (Å²) in [4.78, 5) is 13.2. The number of nitrogens with zero attached hydrogens (tertiary/aromatic N) is 2. The van der Waals surface area contributed by atoms with E-state index in [4.69, 9.17) is 10.5 Å². The van der Waals surface area contributed by atoms with Gasteiger partial charge in [0, 0.05) is 12.6 Å². The molecule has 78 valence electrons. The molecule has 6 nitrogen and oxygen atoms in total. The Morgan fingerprint density at radius 1 is 1.57 bits per heavy atom. The molecule has 0 spiro atoms. The summed E-state index contributed by atoms with van der Waals surface area (Å²) in [5.74, 6) is 0.288. The minimum Gasteiger partial charge on any atom is -0.488 e. The first-order valence-corrected chi connectivity index (χ1v) is 3.67. The van der Waals surface area contributed by atoms with Gasteiger partial charge < -0.3 is 20.6 Å². The Kier molecular flexibility index (Phi) is 5.50. The number of halogens is 1. The Bertz CT molecular complexity index is 291. The predicted octanol–water partition coefficient (Wildman–Crippen LogP) is 0.749. The Morgan fingerprint density at radius 3 is 2.71 bits per heavy atom. The number of pyridine rings is 1. The molecular formula is C7H10ClN3O3. The molecule has 1 heterocycles. The molecule has 0 fully saturated rings. The van der Waals surface area contributed by atoms with Crippen LogP contribution in [0, 0.1) is 10.1 Å². The fourth-order valence-electron chi connectivity index (χ4n) is 0.743. The molecule has 0 aromatic carbocycles. The molecule has 0 saturated heterocycles. The first-order valence-electron chi connectivity index (χ1n) is 3.67. The third-order valence-corrected chi connectivity index (χ3v) is 1.29. The van der Waals surface area contributed by atoms with Crippen molar-refractivity contribution in [3.05, 3.63) is 28.4 Å². The molecule has 0 radical (unpaired) electrons. The van der Waals surface area contributed by atoms with Gasteiger partial charge in [-0.15, -0.1) is 12.4 Å². The summed E-state index contributed by atoms with van der Waals surface area (Å²) in [6, 6.07) is 2.77. The molecule has 14 heavy (non-hydrogen) atoms. The molecule has 0 aliphatic heterocycles. The quantitative estimate of drug-likeness (QED) is 0.596. The largest absolute Gasteiger partial charge is 0.488 e. The van der Waals surface area contributed by atoms with Gasteiger partial charge >= 0.3 is 5.82 Å². The van der Waals surface area contributed by atoms with E-state index in [0.29, 0.717) is 18.9 Å². The molecule has 0 aliphatic rings. The first kappa shape index (κ1) is 12.6. The molecule has 2 N–H and O–H groups in total. The summed E-state index contributed by atoms with van der Waals surface area (Å²) in [6.45, 7) is 0.774. The van der Waals surface area contributed by atoms with E-state index in [1.165, 1.54) is 18.3 Å². The fraction of sp³-hybridized carbons (Fsp3) is 0.286. The zero-order valence-electron chi connectivity index (χ0n) is 7.25. The van der Waals surface area contributed by atoms with Crippen molar-refractivity contribution >= 4 is 18.2 Å². The highest BCUT2D eigenvalue weighted by Crippen LogP contribution is 2.12.